The largest absolute Gasteiger partial charge is 0.477 e. The third-order valence-corrected chi connectivity index (χ3v) is 7.98. The van der Waals surface area contributed by atoms with E-state index in [1.54, 1.807) is 36.7 Å². The first kappa shape index (κ1) is 24.0. The Morgan fingerprint density at radius 1 is 1.26 bits per heavy atom. The number of rotatable bonds is 11. The number of ether oxygens (including phenoxy) is 1. The molecule has 3 aromatic heterocycles. The molecule has 2 aliphatic rings. The molecule has 35 heavy (non-hydrogen) atoms. The molecule has 1 saturated carbocycles. The maximum atomic E-state index is 13.2. The molecule has 4 heterocycles. The molecule has 1 atom stereocenters. The van der Waals surface area contributed by atoms with Crippen molar-refractivity contribution in [1.29, 1.82) is 0 Å². The fraction of sp³-hybridized carbons (Fsp3) is 0.458. The summed E-state index contributed by atoms with van der Waals surface area (Å²) < 4.78 is 8.88. The lowest BCUT2D eigenvalue weighted by molar-refractivity contribution is 0.0925. The normalized spacial score (nSPS) is 16.7. The van der Waals surface area contributed by atoms with E-state index in [1.807, 2.05) is 19.1 Å². The number of hydrogen-bond acceptors (Lipinski definition) is 10. The van der Waals surface area contributed by atoms with Crippen LogP contribution >= 0.6 is 23.3 Å². The quantitative estimate of drug-likeness (QED) is 0.367. The molecule has 1 aliphatic carbocycles. The van der Waals surface area contributed by atoms with Crippen molar-refractivity contribution in [3.05, 3.63) is 47.6 Å². The predicted molar refractivity (Wildman–Crippen MR) is 139 cm³/mol. The van der Waals surface area contributed by atoms with Gasteiger partial charge in [-0.15, -0.1) is 11.3 Å². The zero-order valence-corrected chi connectivity index (χ0v) is 21.3. The van der Waals surface area contributed by atoms with E-state index >= 15 is 0 Å². The van der Waals surface area contributed by atoms with Gasteiger partial charge in [0.2, 0.25) is 5.88 Å². The van der Waals surface area contributed by atoms with Gasteiger partial charge >= 0.3 is 0 Å². The molecule has 9 nitrogen and oxygen atoms in total. The van der Waals surface area contributed by atoms with Crippen molar-refractivity contribution in [1.82, 2.24) is 30.2 Å². The van der Waals surface area contributed by atoms with E-state index in [0.29, 0.717) is 28.4 Å². The number of hydrogen-bond donors (Lipinski definition) is 2. The van der Waals surface area contributed by atoms with Crippen LogP contribution in [0.25, 0.3) is 10.6 Å². The highest BCUT2D eigenvalue weighted by Gasteiger charge is 2.25. The number of nitrogens with one attached hydrogen (secondary N) is 2. The second-order valence-corrected chi connectivity index (χ2v) is 10.8. The lowest BCUT2D eigenvalue weighted by atomic mass is 10.1. The lowest BCUT2D eigenvalue weighted by Crippen LogP contribution is -2.37. The van der Waals surface area contributed by atoms with Crippen LogP contribution in [0.1, 0.15) is 54.1 Å². The maximum Gasteiger partial charge on any atom is 0.280 e. The summed E-state index contributed by atoms with van der Waals surface area (Å²) in [5, 5.41) is 4.27. The van der Waals surface area contributed by atoms with Crippen molar-refractivity contribution < 1.29 is 9.53 Å². The van der Waals surface area contributed by atoms with Crippen LogP contribution in [-0.4, -0.2) is 62.2 Å². The Morgan fingerprint density at radius 2 is 2.11 bits per heavy atom. The number of carbonyl (C=O) groups excluding carboxylic acids is 1. The second kappa shape index (κ2) is 11.3. The third-order valence-electron chi connectivity index (χ3n) is 5.81. The molecular weight excluding hydrogens is 482 g/mol. The average molecular weight is 512 g/mol. The van der Waals surface area contributed by atoms with Crippen molar-refractivity contribution in [2.75, 3.05) is 31.0 Å². The molecule has 1 saturated heterocycles. The molecule has 2 N–H and O–H groups in total. The standard InChI is InChI=1S/C24H29N7O2S2/c1-2-33-22-14-25-12-19(28-22)21-13-27-24(34-21)23(32)29-20(15-31-9-3-4-10-31)18-11-16(7-8-26-18)30-35-17-5-6-17/h7-8,11-14,17,20H,2-6,9-10,15H2,1H3,(H,26,30)(H,29,32). The lowest BCUT2D eigenvalue weighted by Gasteiger charge is -2.24. The highest BCUT2D eigenvalue weighted by Crippen LogP contribution is 2.34. The van der Waals surface area contributed by atoms with Gasteiger partial charge in [0, 0.05) is 29.9 Å². The van der Waals surface area contributed by atoms with Gasteiger partial charge < -0.3 is 19.7 Å². The predicted octanol–water partition coefficient (Wildman–Crippen LogP) is 4.18. The van der Waals surface area contributed by atoms with Crippen LogP contribution in [0, 0.1) is 0 Å². The second-order valence-electron chi connectivity index (χ2n) is 8.63. The van der Waals surface area contributed by atoms with Crippen LogP contribution in [0.4, 0.5) is 5.69 Å². The Morgan fingerprint density at radius 3 is 2.91 bits per heavy atom. The smallest absolute Gasteiger partial charge is 0.280 e. The van der Waals surface area contributed by atoms with Gasteiger partial charge in [-0.25, -0.2) is 9.97 Å². The van der Waals surface area contributed by atoms with Crippen molar-refractivity contribution in [2.45, 2.75) is 43.9 Å². The molecule has 0 radical (unpaired) electrons. The minimum atomic E-state index is -0.235. The van der Waals surface area contributed by atoms with Crippen LogP contribution < -0.4 is 14.8 Å². The zero-order chi connectivity index (χ0) is 24.0. The van der Waals surface area contributed by atoms with Crippen LogP contribution in [0.3, 0.4) is 0 Å². The molecule has 184 valence electrons. The molecule has 2 fully saturated rings. The summed E-state index contributed by atoms with van der Waals surface area (Å²) in [5.74, 6) is 0.237. The fourth-order valence-electron chi connectivity index (χ4n) is 3.88. The summed E-state index contributed by atoms with van der Waals surface area (Å²) in [5.41, 5.74) is 2.49. The first-order valence-corrected chi connectivity index (χ1v) is 13.7. The molecule has 3 aromatic rings. The number of carbonyl (C=O) groups is 1. The van der Waals surface area contributed by atoms with Crippen LogP contribution in [-0.2, 0) is 0 Å². The van der Waals surface area contributed by atoms with E-state index in [1.165, 1.54) is 37.0 Å². The first-order chi connectivity index (χ1) is 17.2. The maximum absolute atomic E-state index is 13.2. The highest BCUT2D eigenvalue weighted by molar-refractivity contribution is 8.01. The van der Waals surface area contributed by atoms with Gasteiger partial charge in [-0.2, -0.15) is 0 Å². The molecule has 0 bridgehead atoms. The molecule has 1 aliphatic heterocycles. The Hall–Kier alpha value is -2.76. The zero-order valence-electron chi connectivity index (χ0n) is 19.6. The molecule has 11 heteroatoms. The molecular formula is C24H29N7O2S2. The molecule has 0 aromatic carbocycles. The van der Waals surface area contributed by atoms with Gasteiger partial charge in [0.1, 0.15) is 5.69 Å². The topological polar surface area (TPSA) is 105 Å². The number of amides is 1. The Balaban J connectivity index is 1.31. The summed E-state index contributed by atoms with van der Waals surface area (Å²) in [6.07, 6.45) is 11.6. The van der Waals surface area contributed by atoms with Crippen molar-refractivity contribution in [3.63, 3.8) is 0 Å². The molecule has 1 amide bonds. The monoisotopic (exact) mass is 511 g/mol. The van der Waals surface area contributed by atoms with Gasteiger partial charge in [0.25, 0.3) is 5.91 Å². The van der Waals surface area contributed by atoms with Gasteiger partial charge in [0.15, 0.2) is 5.01 Å². The van der Waals surface area contributed by atoms with E-state index < -0.39 is 0 Å². The number of anilines is 1. The highest BCUT2D eigenvalue weighted by atomic mass is 32.2. The van der Waals surface area contributed by atoms with E-state index in [0.717, 1.165) is 35.9 Å². The van der Waals surface area contributed by atoms with Gasteiger partial charge in [-0.05, 0) is 69.8 Å². The molecule has 1 unspecified atom stereocenters. The van der Waals surface area contributed by atoms with Gasteiger partial charge in [0.05, 0.1) is 35.6 Å². The van der Waals surface area contributed by atoms with Crippen LogP contribution in [0.5, 0.6) is 5.88 Å². The minimum absolute atomic E-state index is 0.216. The fourth-order valence-corrected chi connectivity index (χ4v) is 5.45. The Kier molecular flexibility index (Phi) is 7.75. The SMILES string of the molecule is CCOc1cncc(-c2cnc(C(=O)NC(CN3CCCC3)c3cc(NSC4CC4)ccn3)s2)n1. The minimum Gasteiger partial charge on any atom is -0.477 e. The Bertz CT molecular complexity index is 1150. The Labute approximate surface area is 213 Å². The summed E-state index contributed by atoms with van der Waals surface area (Å²) >= 11 is 3.05. The van der Waals surface area contributed by atoms with Crippen LogP contribution in [0.2, 0.25) is 0 Å². The molecule has 5 rings (SSSR count). The number of pyridine rings is 1. The van der Waals surface area contributed by atoms with E-state index in [4.69, 9.17) is 4.74 Å². The number of nitrogens with zero attached hydrogens (tertiary/aromatic N) is 5. The molecule has 0 spiro atoms. The van der Waals surface area contributed by atoms with Crippen molar-refractivity contribution in [3.8, 4) is 16.5 Å². The number of likely N-dealkylation sites (tertiary alicyclic amines) is 1. The van der Waals surface area contributed by atoms with E-state index in [9.17, 15) is 4.79 Å². The summed E-state index contributed by atoms with van der Waals surface area (Å²) in [4.78, 5) is 34.0. The summed E-state index contributed by atoms with van der Waals surface area (Å²) in [6.45, 7) is 5.21. The van der Waals surface area contributed by atoms with Crippen molar-refractivity contribution in [2.24, 2.45) is 0 Å². The van der Waals surface area contributed by atoms with E-state index in [-0.39, 0.29) is 11.9 Å². The summed E-state index contributed by atoms with van der Waals surface area (Å²) in [7, 11) is 0. The number of thiazole rings is 1. The average Bonchev–Trinajstić information content (AvgIpc) is 3.32. The number of aromatic nitrogens is 4. The van der Waals surface area contributed by atoms with Crippen molar-refractivity contribution >= 4 is 34.9 Å². The third kappa shape index (κ3) is 6.47. The van der Waals surface area contributed by atoms with Gasteiger partial charge in [-0.3, -0.25) is 14.8 Å². The first-order valence-electron chi connectivity index (χ1n) is 12.0. The summed E-state index contributed by atoms with van der Waals surface area (Å²) in [6, 6.07) is 3.78. The van der Waals surface area contributed by atoms with Gasteiger partial charge in [-0.1, -0.05) is 0 Å². The van der Waals surface area contributed by atoms with E-state index in [2.05, 4.69) is 34.9 Å². The van der Waals surface area contributed by atoms with Crippen LogP contribution in [0.15, 0.2) is 36.9 Å².